The number of non-ortho nitro benzene ring substituents is 1. The maximum atomic E-state index is 12.9. The van der Waals surface area contributed by atoms with Gasteiger partial charge in [-0.15, -0.1) is 0 Å². The number of nitro groups is 1. The van der Waals surface area contributed by atoms with Crippen LogP contribution in [0.3, 0.4) is 0 Å². The zero-order valence-electron chi connectivity index (χ0n) is 14.7. The van der Waals surface area contributed by atoms with E-state index in [1.165, 1.54) is 24.3 Å². The third kappa shape index (κ3) is 6.51. The van der Waals surface area contributed by atoms with Crippen molar-refractivity contribution in [3.63, 3.8) is 0 Å². The topological polar surface area (TPSA) is 79.6 Å². The highest BCUT2D eigenvalue weighted by molar-refractivity contribution is 5.79. The first-order valence-electron chi connectivity index (χ1n) is 8.51. The summed E-state index contributed by atoms with van der Waals surface area (Å²) in [6.45, 7) is 1.35. The van der Waals surface area contributed by atoms with Crippen LogP contribution in [0.1, 0.15) is 24.0 Å². The third-order valence-corrected chi connectivity index (χ3v) is 3.93. The normalized spacial score (nSPS) is 11.2. The van der Waals surface area contributed by atoms with Crippen LogP contribution in [0.2, 0.25) is 0 Å². The molecule has 0 aliphatic rings. The molecule has 0 unspecified atom stereocenters. The molecule has 0 amide bonds. The zero-order chi connectivity index (χ0) is 18.8. The number of nitrogens with zero attached hydrogens (tertiary/aromatic N) is 2. The van der Waals surface area contributed by atoms with Gasteiger partial charge in [0, 0.05) is 32.3 Å². The number of nitro benzene ring substituents is 1. The Hall–Kier alpha value is -2.96. The van der Waals surface area contributed by atoms with Gasteiger partial charge in [-0.25, -0.2) is 4.39 Å². The first-order chi connectivity index (χ1) is 12.6. The Morgan fingerprint density at radius 3 is 2.31 bits per heavy atom. The maximum absolute atomic E-state index is 12.9. The Kier molecular flexibility index (Phi) is 7.54. The Balaban J connectivity index is 1.64. The van der Waals surface area contributed by atoms with Crippen LogP contribution < -0.4 is 10.6 Å². The molecule has 6 nitrogen and oxygen atoms in total. The molecule has 0 saturated heterocycles. The van der Waals surface area contributed by atoms with E-state index >= 15 is 0 Å². The lowest BCUT2D eigenvalue weighted by atomic mass is 10.1. The van der Waals surface area contributed by atoms with Crippen molar-refractivity contribution in [1.82, 2.24) is 10.6 Å². The van der Waals surface area contributed by atoms with Crippen LogP contribution in [-0.4, -0.2) is 24.5 Å². The van der Waals surface area contributed by atoms with Crippen molar-refractivity contribution in [1.29, 1.82) is 0 Å². The highest BCUT2D eigenvalue weighted by atomic mass is 19.1. The number of hydrogen-bond acceptors (Lipinski definition) is 3. The number of halogens is 1. The van der Waals surface area contributed by atoms with Crippen molar-refractivity contribution < 1.29 is 9.31 Å². The van der Waals surface area contributed by atoms with Gasteiger partial charge in [-0.3, -0.25) is 15.1 Å². The molecule has 7 heteroatoms. The largest absolute Gasteiger partial charge is 0.356 e. The van der Waals surface area contributed by atoms with E-state index in [1.54, 1.807) is 31.3 Å². The van der Waals surface area contributed by atoms with Crippen molar-refractivity contribution in [2.45, 2.75) is 25.8 Å². The molecule has 0 fully saturated rings. The molecule has 0 heterocycles. The van der Waals surface area contributed by atoms with Crippen LogP contribution in [-0.2, 0) is 13.0 Å². The summed E-state index contributed by atoms with van der Waals surface area (Å²) in [5.74, 6) is 0.453. The molecule has 0 atom stereocenters. The number of hydrogen-bond donors (Lipinski definition) is 2. The van der Waals surface area contributed by atoms with Crippen LogP contribution in [0.25, 0.3) is 0 Å². The fourth-order valence-electron chi connectivity index (χ4n) is 2.45. The Morgan fingerprint density at radius 1 is 1.04 bits per heavy atom. The smallest absolute Gasteiger partial charge is 0.269 e. The molecule has 0 aromatic heterocycles. The monoisotopic (exact) mass is 358 g/mol. The van der Waals surface area contributed by atoms with Gasteiger partial charge >= 0.3 is 0 Å². The second-order valence-electron chi connectivity index (χ2n) is 5.86. The molecule has 0 saturated carbocycles. The van der Waals surface area contributed by atoms with Gasteiger partial charge in [-0.05, 0) is 42.5 Å². The van der Waals surface area contributed by atoms with E-state index in [1.807, 2.05) is 0 Å². The second kappa shape index (κ2) is 10.1. The van der Waals surface area contributed by atoms with Gasteiger partial charge in [-0.1, -0.05) is 24.3 Å². The lowest BCUT2D eigenvalue weighted by Crippen LogP contribution is -2.37. The molecule has 0 aliphatic carbocycles. The van der Waals surface area contributed by atoms with Crippen molar-refractivity contribution in [3.05, 3.63) is 75.6 Å². The molecule has 0 aliphatic heterocycles. The molecule has 2 aromatic rings. The highest BCUT2D eigenvalue weighted by Gasteiger charge is 2.04. The number of unbranched alkanes of at least 4 members (excludes halogenated alkanes) is 1. The summed E-state index contributed by atoms with van der Waals surface area (Å²) in [6.07, 6.45) is 2.80. The number of nitrogens with one attached hydrogen (secondary N) is 2. The van der Waals surface area contributed by atoms with E-state index in [0.29, 0.717) is 12.5 Å². The fraction of sp³-hybridized carbons (Fsp3) is 0.316. The van der Waals surface area contributed by atoms with E-state index < -0.39 is 4.92 Å². The van der Waals surface area contributed by atoms with E-state index in [9.17, 15) is 14.5 Å². The third-order valence-electron chi connectivity index (χ3n) is 3.93. The minimum Gasteiger partial charge on any atom is -0.356 e. The minimum absolute atomic E-state index is 0.117. The number of benzene rings is 2. The molecule has 2 aromatic carbocycles. The Labute approximate surface area is 152 Å². The van der Waals surface area contributed by atoms with Gasteiger partial charge in [0.25, 0.3) is 5.69 Å². The SMILES string of the molecule is CN=C(NCCCCc1ccc([N+](=O)[O-])cc1)NCc1ccc(F)cc1. The van der Waals surface area contributed by atoms with Gasteiger partial charge in [0.2, 0.25) is 0 Å². The Morgan fingerprint density at radius 2 is 1.69 bits per heavy atom. The van der Waals surface area contributed by atoms with Gasteiger partial charge in [0.1, 0.15) is 5.82 Å². The summed E-state index contributed by atoms with van der Waals surface area (Å²) in [5, 5.41) is 17.0. The molecular weight excluding hydrogens is 335 g/mol. The predicted octanol–water partition coefficient (Wildman–Crippen LogP) is 3.42. The number of rotatable bonds is 8. The summed E-state index contributed by atoms with van der Waals surface area (Å²) in [5.41, 5.74) is 2.19. The molecule has 26 heavy (non-hydrogen) atoms. The second-order valence-corrected chi connectivity index (χ2v) is 5.86. The summed E-state index contributed by atoms with van der Waals surface area (Å²) < 4.78 is 12.9. The standard InChI is InChI=1S/C19H23FN4O2/c1-21-19(23-14-16-5-9-17(20)10-6-16)22-13-3-2-4-15-7-11-18(12-8-15)24(25)26/h5-12H,2-4,13-14H2,1H3,(H2,21,22,23). The van der Waals surface area contributed by atoms with Crippen molar-refractivity contribution in [2.75, 3.05) is 13.6 Å². The van der Waals surface area contributed by atoms with Gasteiger partial charge < -0.3 is 10.6 Å². The van der Waals surface area contributed by atoms with Crippen LogP contribution in [0.4, 0.5) is 10.1 Å². The molecule has 0 radical (unpaired) electrons. The molecule has 0 bridgehead atoms. The predicted molar refractivity (Wildman–Crippen MR) is 101 cm³/mol. The van der Waals surface area contributed by atoms with Crippen molar-refractivity contribution in [2.24, 2.45) is 4.99 Å². The summed E-state index contributed by atoms with van der Waals surface area (Å²) in [6, 6.07) is 13.0. The molecule has 0 spiro atoms. The van der Waals surface area contributed by atoms with Crippen molar-refractivity contribution in [3.8, 4) is 0 Å². The molecule has 138 valence electrons. The minimum atomic E-state index is -0.391. The van der Waals surface area contributed by atoms with E-state index in [4.69, 9.17) is 0 Å². The lowest BCUT2D eigenvalue weighted by Gasteiger charge is -2.12. The number of guanidine groups is 1. The van der Waals surface area contributed by atoms with Gasteiger partial charge in [-0.2, -0.15) is 0 Å². The molecular formula is C19H23FN4O2. The van der Waals surface area contributed by atoms with Crippen LogP contribution >= 0.6 is 0 Å². The van der Waals surface area contributed by atoms with Crippen LogP contribution in [0.15, 0.2) is 53.5 Å². The van der Waals surface area contributed by atoms with Gasteiger partial charge in [0.05, 0.1) is 4.92 Å². The molecule has 2 rings (SSSR count). The summed E-state index contributed by atoms with van der Waals surface area (Å²) in [7, 11) is 1.71. The summed E-state index contributed by atoms with van der Waals surface area (Å²) >= 11 is 0. The maximum Gasteiger partial charge on any atom is 0.269 e. The number of aliphatic imine (C=N–C) groups is 1. The van der Waals surface area contributed by atoms with E-state index in [2.05, 4.69) is 15.6 Å². The van der Waals surface area contributed by atoms with Gasteiger partial charge in [0.15, 0.2) is 5.96 Å². The van der Waals surface area contributed by atoms with Crippen molar-refractivity contribution >= 4 is 11.6 Å². The molecule has 2 N–H and O–H groups in total. The number of aryl methyl sites for hydroxylation is 1. The zero-order valence-corrected chi connectivity index (χ0v) is 14.7. The first-order valence-corrected chi connectivity index (χ1v) is 8.51. The first kappa shape index (κ1) is 19.4. The Bertz CT molecular complexity index is 730. The average molecular weight is 358 g/mol. The lowest BCUT2D eigenvalue weighted by molar-refractivity contribution is -0.384. The van der Waals surface area contributed by atoms with Crippen LogP contribution in [0.5, 0.6) is 0 Å². The fourth-order valence-corrected chi connectivity index (χ4v) is 2.45. The average Bonchev–Trinajstić information content (AvgIpc) is 2.65. The highest BCUT2D eigenvalue weighted by Crippen LogP contribution is 2.13. The quantitative estimate of drug-likeness (QED) is 0.249. The van der Waals surface area contributed by atoms with E-state index in [-0.39, 0.29) is 11.5 Å². The van der Waals surface area contributed by atoms with E-state index in [0.717, 1.165) is 36.9 Å². The van der Waals surface area contributed by atoms with Crippen LogP contribution in [0, 0.1) is 15.9 Å². The summed E-state index contributed by atoms with van der Waals surface area (Å²) in [4.78, 5) is 14.4.